The molecule has 2 aromatic carbocycles. The summed E-state index contributed by atoms with van der Waals surface area (Å²) in [5, 5.41) is 13.5. The fourth-order valence-corrected chi connectivity index (χ4v) is 5.40. The predicted molar refractivity (Wildman–Crippen MR) is 139 cm³/mol. The van der Waals surface area contributed by atoms with Gasteiger partial charge in [-0.1, -0.05) is 24.3 Å². The molecule has 2 saturated heterocycles. The lowest BCUT2D eigenvalue weighted by Crippen LogP contribution is -2.53. The van der Waals surface area contributed by atoms with Gasteiger partial charge < -0.3 is 31.7 Å². The Morgan fingerprint density at radius 2 is 1.56 bits per heavy atom. The first-order chi connectivity index (χ1) is 17.4. The Hall–Kier alpha value is -3.60. The van der Waals surface area contributed by atoms with Crippen molar-refractivity contribution < 1.29 is 9.90 Å². The van der Waals surface area contributed by atoms with Gasteiger partial charge in [0.05, 0.1) is 6.10 Å². The fourth-order valence-electron chi connectivity index (χ4n) is 5.40. The van der Waals surface area contributed by atoms with Crippen LogP contribution in [0.15, 0.2) is 42.5 Å². The summed E-state index contributed by atoms with van der Waals surface area (Å²) in [6, 6.07) is 13.2. The molecule has 3 heterocycles. The van der Waals surface area contributed by atoms with E-state index in [4.69, 9.17) is 26.4 Å². The standard InChI is InChI=1S/C26H30N8O2/c27-15-10-16(28)13-34(12-15)26-31-24(30-25(32-26)33-9-3-4-18(35)14-33)29-17-7-8-21-22(11-17)19-5-1-2-6-20(19)23(21)36/h1-2,5-8,11,15-16,18,35H,3-4,9-10,12-14,27-28H2,(H,29,30,31,32)/t15-,16+,18?. The second-order valence-electron chi connectivity index (χ2n) is 9.92. The zero-order valence-corrected chi connectivity index (χ0v) is 20.0. The molecule has 0 bridgehead atoms. The largest absolute Gasteiger partial charge is 0.391 e. The number of ketones is 1. The number of β-amino-alcohol motifs (C(OH)–C–C–N with tert-alkyl or cyclic N) is 1. The van der Waals surface area contributed by atoms with Crippen LogP contribution in [0.3, 0.4) is 0 Å². The Bertz CT molecular complexity index is 1300. The van der Waals surface area contributed by atoms with Gasteiger partial charge >= 0.3 is 0 Å². The zero-order chi connectivity index (χ0) is 24.8. The second kappa shape index (κ2) is 9.12. The molecule has 3 aliphatic rings. The molecule has 2 fully saturated rings. The molecule has 0 amide bonds. The van der Waals surface area contributed by atoms with Crippen molar-refractivity contribution in [2.24, 2.45) is 11.5 Å². The first kappa shape index (κ1) is 22.8. The summed E-state index contributed by atoms with van der Waals surface area (Å²) < 4.78 is 0. The molecule has 1 aliphatic carbocycles. The number of aliphatic hydroxyl groups is 1. The van der Waals surface area contributed by atoms with Crippen molar-refractivity contribution in [3.63, 3.8) is 0 Å². The van der Waals surface area contributed by atoms with Crippen molar-refractivity contribution in [3.05, 3.63) is 53.6 Å². The molecule has 3 aromatic rings. The van der Waals surface area contributed by atoms with E-state index in [1.165, 1.54) is 0 Å². The number of piperidine rings is 2. The van der Waals surface area contributed by atoms with E-state index in [2.05, 4.69) is 5.32 Å². The van der Waals surface area contributed by atoms with Crippen molar-refractivity contribution in [2.75, 3.05) is 41.3 Å². The van der Waals surface area contributed by atoms with Gasteiger partial charge in [0.1, 0.15) is 0 Å². The number of nitrogens with two attached hydrogens (primary N) is 2. The number of carbonyl (C=O) groups is 1. The van der Waals surface area contributed by atoms with Crippen molar-refractivity contribution in [3.8, 4) is 11.1 Å². The van der Waals surface area contributed by atoms with Crippen LogP contribution in [0.1, 0.15) is 35.2 Å². The van der Waals surface area contributed by atoms with E-state index in [-0.39, 0.29) is 17.9 Å². The number of aromatic nitrogens is 3. The third kappa shape index (κ3) is 4.27. The smallest absolute Gasteiger partial charge is 0.233 e. The number of rotatable bonds is 4. The van der Waals surface area contributed by atoms with Crippen molar-refractivity contribution in [2.45, 2.75) is 37.5 Å². The summed E-state index contributed by atoms with van der Waals surface area (Å²) in [6.07, 6.45) is 1.97. The van der Waals surface area contributed by atoms with Crippen molar-refractivity contribution in [1.82, 2.24) is 15.0 Å². The zero-order valence-electron chi connectivity index (χ0n) is 20.0. The summed E-state index contributed by atoms with van der Waals surface area (Å²) in [5.41, 5.74) is 16.5. The number of benzene rings is 2. The van der Waals surface area contributed by atoms with Crippen LogP contribution < -0.4 is 26.6 Å². The van der Waals surface area contributed by atoms with E-state index in [1.807, 2.05) is 52.3 Å². The first-order valence-electron chi connectivity index (χ1n) is 12.4. The van der Waals surface area contributed by atoms with E-state index < -0.39 is 6.10 Å². The Morgan fingerprint density at radius 1 is 0.861 bits per heavy atom. The minimum absolute atomic E-state index is 0.0401. The van der Waals surface area contributed by atoms with E-state index in [0.29, 0.717) is 43.0 Å². The van der Waals surface area contributed by atoms with Crippen LogP contribution in [0.4, 0.5) is 23.5 Å². The Labute approximate surface area is 209 Å². The molecule has 6 rings (SSSR count). The fraction of sp³-hybridized carbons (Fsp3) is 0.385. The molecule has 10 heteroatoms. The quantitative estimate of drug-likeness (QED) is 0.336. The van der Waals surface area contributed by atoms with Gasteiger partial charge in [0.15, 0.2) is 5.78 Å². The van der Waals surface area contributed by atoms with Crippen LogP contribution in [0, 0.1) is 0 Å². The average molecular weight is 487 g/mol. The maximum atomic E-state index is 12.8. The minimum atomic E-state index is -0.415. The number of anilines is 4. The summed E-state index contributed by atoms with van der Waals surface area (Å²) in [7, 11) is 0. The highest BCUT2D eigenvalue weighted by molar-refractivity contribution is 6.22. The number of nitrogens with zero attached hydrogens (tertiary/aromatic N) is 5. The number of carbonyl (C=O) groups excluding carboxylic acids is 1. The molecular weight excluding hydrogens is 456 g/mol. The van der Waals surface area contributed by atoms with Gasteiger partial charge in [-0.25, -0.2) is 0 Å². The highest BCUT2D eigenvalue weighted by Gasteiger charge is 2.29. The van der Waals surface area contributed by atoms with E-state index in [0.717, 1.165) is 48.2 Å². The lowest BCUT2D eigenvalue weighted by molar-refractivity contribution is 0.104. The molecule has 2 aliphatic heterocycles. The molecule has 0 saturated carbocycles. The van der Waals surface area contributed by atoms with Gasteiger partial charge in [0.2, 0.25) is 17.8 Å². The van der Waals surface area contributed by atoms with Crippen LogP contribution in [0.2, 0.25) is 0 Å². The summed E-state index contributed by atoms with van der Waals surface area (Å²) in [5.74, 6) is 1.45. The molecule has 1 unspecified atom stereocenters. The van der Waals surface area contributed by atoms with E-state index in [9.17, 15) is 9.90 Å². The second-order valence-corrected chi connectivity index (χ2v) is 9.92. The Kier molecular flexibility index (Phi) is 5.79. The normalized spacial score (nSPS) is 23.4. The Balaban J connectivity index is 1.35. The summed E-state index contributed by atoms with van der Waals surface area (Å²) in [4.78, 5) is 30.9. The van der Waals surface area contributed by atoms with Gasteiger partial charge in [-0.05, 0) is 48.6 Å². The predicted octanol–water partition coefficient (Wildman–Crippen LogP) is 1.65. The Morgan fingerprint density at radius 3 is 2.31 bits per heavy atom. The SMILES string of the molecule is N[C@@H]1C[C@H](N)CN(c2nc(Nc3ccc4c(c3)-c3ccccc3C4=O)nc(N3CCCC(O)C3)n2)C1. The van der Waals surface area contributed by atoms with Gasteiger partial charge in [-0.3, -0.25) is 4.79 Å². The molecule has 6 N–H and O–H groups in total. The lowest BCUT2D eigenvalue weighted by Gasteiger charge is -2.35. The summed E-state index contributed by atoms with van der Waals surface area (Å²) >= 11 is 0. The molecule has 0 radical (unpaired) electrons. The van der Waals surface area contributed by atoms with Crippen LogP contribution in [0.25, 0.3) is 11.1 Å². The third-order valence-corrected chi connectivity index (χ3v) is 7.07. The molecule has 0 spiro atoms. The highest BCUT2D eigenvalue weighted by atomic mass is 16.3. The van der Waals surface area contributed by atoms with Crippen LogP contribution >= 0.6 is 0 Å². The first-order valence-corrected chi connectivity index (χ1v) is 12.4. The highest BCUT2D eigenvalue weighted by Crippen LogP contribution is 2.38. The molecule has 10 nitrogen and oxygen atoms in total. The maximum Gasteiger partial charge on any atom is 0.233 e. The molecule has 36 heavy (non-hydrogen) atoms. The van der Waals surface area contributed by atoms with Crippen molar-refractivity contribution >= 4 is 29.3 Å². The number of aliphatic hydroxyl groups excluding tert-OH is 1. The molecule has 3 atom stereocenters. The number of fused-ring (bicyclic) bond motifs is 3. The van der Waals surface area contributed by atoms with Gasteiger partial charge in [0, 0.05) is 55.1 Å². The molecule has 186 valence electrons. The topological polar surface area (TPSA) is 147 Å². The number of hydrogen-bond acceptors (Lipinski definition) is 10. The number of hydrogen-bond donors (Lipinski definition) is 4. The summed E-state index contributed by atoms with van der Waals surface area (Å²) in [6.45, 7) is 2.45. The van der Waals surface area contributed by atoms with Gasteiger partial charge in [-0.15, -0.1) is 0 Å². The average Bonchev–Trinajstić information content (AvgIpc) is 3.15. The molecular formula is C26H30N8O2. The minimum Gasteiger partial charge on any atom is -0.391 e. The molecule has 1 aromatic heterocycles. The van der Waals surface area contributed by atoms with Crippen LogP contribution in [0.5, 0.6) is 0 Å². The van der Waals surface area contributed by atoms with Gasteiger partial charge in [0.25, 0.3) is 0 Å². The maximum absolute atomic E-state index is 12.8. The third-order valence-electron chi connectivity index (χ3n) is 7.07. The monoisotopic (exact) mass is 486 g/mol. The van der Waals surface area contributed by atoms with E-state index in [1.54, 1.807) is 0 Å². The number of nitrogens with one attached hydrogen (secondary N) is 1. The van der Waals surface area contributed by atoms with E-state index >= 15 is 0 Å². The van der Waals surface area contributed by atoms with Gasteiger partial charge in [-0.2, -0.15) is 15.0 Å². The van der Waals surface area contributed by atoms with Crippen molar-refractivity contribution in [1.29, 1.82) is 0 Å². The van der Waals surface area contributed by atoms with Crippen LogP contribution in [-0.4, -0.2) is 70.2 Å². The van der Waals surface area contributed by atoms with Crippen LogP contribution in [-0.2, 0) is 0 Å². The lowest BCUT2D eigenvalue weighted by atomic mass is 10.0.